The Morgan fingerprint density at radius 2 is 1.80 bits per heavy atom. The summed E-state index contributed by atoms with van der Waals surface area (Å²) in [6.07, 6.45) is 0. The van der Waals surface area contributed by atoms with Crippen LogP contribution in [0.4, 0.5) is 0 Å². The molecule has 130 valence electrons. The van der Waals surface area contributed by atoms with E-state index in [0.29, 0.717) is 16.4 Å². The topological polar surface area (TPSA) is 78.6 Å². The predicted octanol–water partition coefficient (Wildman–Crippen LogP) is 2.57. The lowest BCUT2D eigenvalue weighted by atomic mass is 10.1. The number of ether oxygens (including phenoxy) is 2. The fourth-order valence-electron chi connectivity index (χ4n) is 3.41. The van der Waals surface area contributed by atoms with Crippen LogP contribution in [0, 0.1) is 12.8 Å². The summed E-state index contributed by atoms with van der Waals surface area (Å²) in [6.45, 7) is 2.09. The first-order valence-corrected chi connectivity index (χ1v) is 9.84. The van der Waals surface area contributed by atoms with Gasteiger partial charge in [0.2, 0.25) is 6.79 Å². The van der Waals surface area contributed by atoms with Gasteiger partial charge in [-0.15, -0.1) is 0 Å². The van der Waals surface area contributed by atoms with Crippen LogP contribution < -0.4 is 15.2 Å². The number of rotatable bonds is 4. The van der Waals surface area contributed by atoms with Crippen molar-refractivity contribution >= 4 is 27.0 Å². The average molecular weight is 375 g/mol. The first-order valence-electron chi connectivity index (χ1n) is 7.89. The molecule has 2 aromatic carbocycles. The molecule has 0 spiro atoms. The van der Waals surface area contributed by atoms with E-state index in [-0.39, 0.29) is 23.6 Å². The molecule has 0 bridgehead atoms. The van der Waals surface area contributed by atoms with E-state index >= 15 is 0 Å². The summed E-state index contributed by atoms with van der Waals surface area (Å²) in [5.74, 6) is 0.645. The van der Waals surface area contributed by atoms with Crippen LogP contribution in [-0.4, -0.2) is 25.4 Å². The van der Waals surface area contributed by atoms with Crippen LogP contribution in [0.2, 0.25) is 0 Å². The molecule has 0 unspecified atom stereocenters. The molecule has 4 rings (SSSR count). The van der Waals surface area contributed by atoms with Gasteiger partial charge >= 0.3 is 0 Å². The highest BCUT2D eigenvalue weighted by Gasteiger charge is 2.60. The van der Waals surface area contributed by atoms with E-state index in [1.54, 1.807) is 30.3 Å². The monoisotopic (exact) mass is 375 g/mol. The molecular formula is C18H17NO4S2. The highest BCUT2D eigenvalue weighted by atomic mass is 32.2. The van der Waals surface area contributed by atoms with Crippen LogP contribution in [0.15, 0.2) is 47.4 Å². The molecule has 0 saturated heterocycles. The van der Waals surface area contributed by atoms with Gasteiger partial charge < -0.3 is 15.2 Å². The average Bonchev–Trinajstić information content (AvgIpc) is 3.18. The number of hydrogen-bond donors (Lipinski definition) is 1. The van der Waals surface area contributed by atoms with E-state index in [0.717, 1.165) is 11.1 Å². The molecule has 1 saturated carbocycles. The summed E-state index contributed by atoms with van der Waals surface area (Å²) in [5.41, 5.74) is 7.70. The molecule has 1 fully saturated rings. The van der Waals surface area contributed by atoms with Crippen LogP contribution >= 0.6 is 12.2 Å². The lowest BCUT2D eigenvalue weighted by Gasteiger charge is -2.05. The van der Waals surface area contributed by atoms with Gasteiger partial charge in [-0.1, -0.05) is 36.0 Å². The summed E-state index contributed by atoms with van der Waals surface area (Å²) >= 11 is 5.13. The Balaban J connectivity index is 1.71. The van der Waals surface area contributed by atoms with Crippen LogP contribution in [0.1, 0.15) is 17.0 Å². The number of thiocarbonyl (C=S) groups is 1. The Labute approximate surface area is 151 Å². The van der Waals surface area contributed by atoms with Crippen LogP contribution in [0.25, 0.3) is 0 Å². The number of benzene rings is 2. The van der Waals surface area contributed by atoms with Crippen molar-refractivity contribution in [2.75, 3.05) is 6.79 Å². The molecule has 1 aliphatic carbocycles. The lowest BCUT2D eigenvalue weighted by molar-refractivity contribution is 0.174. The maximum Gasteiger partial charge on any atom is 0.231 e. The SMILES string of the molecule is Cc1ccc(S(=O)(=O)[C@H]2[C@@H](C(N)=S)[C@@H]2c2ccc3c(c2)OCO3)cc1. The first-order chi connectivity index (χ1) is 11.9. The van der Waals surface area contributed by atoms with E-state index in [9.17, 15) is 8.42 Å². The standard InChI is InChI=1S/C18H17NO4S2/c1-10-2-5-12(6-3-10)25(20,21)17-15(16(17)18(19)24)11-4-7-13-14(8-11)23-9-22-13/h2-8,15-17H,9H2,1H3,(H2,19,24)/t15-,16-,17+/m0/s1. The van der Waals surface area contributed by atoms with E-state index < -0.39 is 15.1 Å². The molecule has 2 aliphatic rings. The molecule has 25 heavy (non-hydrogen) atoms. The third kappa shape index (κ3) is 2.67. The molecule has 0 aromatic heterocycles. The number of hydrogen-bond acceptors (Lipinski definition) is 5. The Kier molecular flexibility index (Phi) is 3.73. The van der Waals surface area contributed by atoms with Crippen molar-refractivity contribution in [1.29, 1.82) is 0 Å². The maximum absolute atomic E-state index is 13.1. The molecule has 5 nitrogen and oxygen atoms in total. The van der Waals surface area contributed by atoms with Gasteiger partial charge in [0.1, 0.15) is 0 Å². The smallest absolute Gasteiger partial charge is 0.231 e. The minimum Gasteiger partial charge on any atom is -0.454 e. The number of sulfone groups is 1. The van der Waals surface area contributed by atoms with Gasteiger partial charge in [0.05, 0.1) is 15.1 Å². The van der Waals surface area contributed by atoms with Gasteiger partial charge in [0.25, 0.3) is 0 Å². The van der Waals surface area contributed by atoms with Crippen LogP contribution in [-0.2, 0) is 9.84 Å². The third-order valence-electron chi connectivity index (χ3n) is 4.77. The second kappa shape index (κ2) is 5.71. The molecule has 0 radical (unpaired) electrons. The third-order valence-corrected chi connectivity index (χ3v) is 7.28. The van der Waals surface area contributed by atoms with E-state index in [4.69, 9.17) is 27.4 Å². The Morgan fingerprint density at radius 3 is 2.48 bits per heavy atom. The van der Waals surface area contributed by atoms with Gasteiger partial charge in [-0.25, -0.2) is 8.42 Å². The minimum absolute atomic E-state index is 0.174. The molecule has 2 aromatic rings. The quantitative estimate of drug-likeness (QED) is 0.828. The van der Waals surface area contributed by atoms with Crippen LogP contribution in [0.3, 0.4) is 0 Å². The zero-order valence-electron chi connectivity index (χ0n) is 13.5. The van der Waals surface area contributed by atoms with Crippen molar-refractivity contribution in [1.82, 2.24) is 0 Å². The van der Waals surface area contributed by atoms with Gasteiger partial charge in [0, 0.05) is 11.8 Å². The second-order valence-electron chi connectivity index (χ2n) is 6.39. The number of fused-ring (bicyclic) bond motifs is 1. The van der Waals surface area contributed by atoms with Crippen molar-refractivity contribution in [2.45, 2.75) is 23.0 Å². The van der Waals surface area contributed by atoms with Crippen molar-refractivity contribution in [3.63, 3.8) is 0 Å². The lowest BCUT2D eigenvalue weighted by Crippen LogP contribution is -2.17. The zero-order valence-corrected chi connectivity index (χ0v) is 15.1. The first kappa shape index (κ1) is 16.4. The summed E-state index contributed by atoms with van der Waals surface area (Å²) in [6, 6.07) is 12.3. The maximum atomic E-state index is 13.1. The fraction of sp³-hybridized carbons (Fsp3) is 0.278. The highest BCUT2D eigenvalue weighted by molar-refractivity contribution is 7.92. The number of aryl methyl sites for hydroxylation is 1. The Hall–Kier alpha value is -2.12. The molecule has 1 aliphatic heterocycles. The van der Waals surface area contributed by atoms with Gasteiger partial charge in [-0.05, 0) is 36.8 Å². The normalized spacial score (nSPS) is 24.1. The summed E-state index contributed by atoms with van der Waals surface area (Å²) in [4.78, 5) is 0.524. The zero-order chi connectivity index (χ0) is 17.8. The minimum atomic E-state index is -3.53. The van der Waals surface area contributed by atoms with Crippen molar-refractivity contribution in [2.24, 2.45) is 11.7 Å². The predicted molar refractivity (Wildman–Crippen MR) is 97.7 cm³/mol. The summed E-state index contributed by atoms with van der Waals surface area (Å²) < 4.78 is 36.8. The van der Waals surface area contributed by atoms with Gasteiger partial charge in [0.15, 0.2) is 21.3 Å². The van der Waals surface area contributed by atoms with E-state index in [2.05, 4.69) is 0 Å². The molecule has 1 heterocycles. The van der Waals surface area contributed by atoms with Crippen molar-refractivity contribution in [3.8, 4) is 11.5 Å². The van der Waals surface area contributed by atoms with Crippen LogP contribution in [0.5, 0.6) is 11.5 Å². The largest absolute Gasteiger partial charge is 0.454 e. The Bertz CT molecular complexity index is 954. The molecule has 2 N–H and O–H groups in total. The number of nitrogens with two attached hydrogens (primary N) is 1. The second-order valence-corrected chi connectivity index (χ2v) is 8.97. The van der Waals surface area contributed by atoms with Gasteiger partial charge in [-0.3, -0.25) is 0 Å². The van der Waals surface area contributed by atoms with Gasteiger partial charge in [-0.2, -0.15) is 0 Å². The van der Waals surface area contributed by atoms with Crippen molar-refractivity contribution < 1.29 is 17.9 Å². The summed E-state index contributed by atoms with van der Waals surface area (Å²) in [5, 5.41) is -0.645. The molecule has 3 atom stereocenters. The molecular weight excluding hydrogens is 358 g/mol. The van der Waals surface area contributed by atoms with E-state index in [1.807, 2.05) is 19.1 Å². The fourth-order valence-corrected chi connectivity index (χ4v) is 5.94. The van der Waals surface area contributed by atoms with E-state index in [1.165, 1.54) is 0 Å². The molecule has 7 heteroatoms. The highest BCUT2D eigenvalue weighted by Crippen LogP contribution is 2.55. The molecule has 0 amide bonds. The van der Waals surface area contributed by atoms with Crippen molar-refractivity contribution in [3.05, 3.63) is 53.6 Å². The Morgan fingerprint density at radius 1 is 1.12 bits per heavy atom. The summed E-state index contributed by atoms with van der Waals surface area (Å²) in [7, 11) is -3.53.